The number of aryl methyl sites for hydroxylation is 1. The van der Waals surface area contributed by atoms with Crippen LogP contribution in [0.3, 0.4) is 0 Å². The fraction of sp³-hybridized carbons (Fsp3) is 0.167. The second-order valence-electron chi connectivity index (χ2n) is 3.61. The zero-order chi connectivity index (χ0) is 11.7. The van der Waals surface area contributed by atoms with Gasteiger partial charge in [0.1, 0.15) is 0 Å². The molecule has 4 nitrogen and oxygen atoms in total. The van der Waals surface area contributed by atoms with Gasteiger partial charge in [-0.1, -0.05) is 29.9 Å². The third-order valence-electron chi connectivity index (χ3n) is 2.56. The molecule has 82 valence electrons. The highest BCUT2D eigenvalue weighted by Gasteiger charge is 2.09. The number of aromatic nitrogens is 2. The summed E-state index contributed by atoms with van der Waals surface area (Å²) in [6.45, 7) is 5.74. The Labute approximate surface area is 92.8 Å². The highest BCUT2D eigenvalue weighted by atomic mass is 16.5. The van der Waals surface area contributed by atoms with Crippen LogP contribution in [0.5, 0.6) is 0 Å². The van der Waals surface area contributed by atoms with Gasteiger partial charge >= 0.3 is 5.76 Å². The minimum atomic E-state index is -0.462. The van der Waals surface area contributed by atoms with E-state index in [1.165, 1.54) is 4.57 Å². The zero-order valence-corrected chi connectivity index (χ0v) is 9.23. The summed E-state index contributed by atoms with van der Waals surface area (Å²) in [5, 5.41) is 3.73. The lowest BCUT2D eigenvalue weighted by Gasteiger charge is -2.03. The molecular weight excluding hydrogens is 204 g/mol. The molecule has 0 unspecified atom stereocenters. The SMILES string of the molecule is C=Cc1cc(-c2noc(=O)n2C)ccc1C. The Morgan fingerprint density at radius 2 is 2.25 bits per heavy atom. The highest BCUT2D eigenvalue weighted by molar-refractivity contribution is 5.63. The fourth-order valence-electron chi connectivity index (χ4n) is 1.54. The molecule has 2 aromatic rings. The van der Waals surface area contributed by atoms with Crippen molar-refractivity contribution in [2.75, 3.05) is 0 Å². The molecule has 0 radical (unpaired) electrons. The van der Waals surface area contributed by atoms with E-state index in [1.807, 2.05) is 25.1 Å². The molecule has 2 rings (SSSR count). The number of hydrogen-bond donors (Lipinski definition) is 0. The van der Waals surface area contributed by atoms with Crippen molar-refractivity contribution in [1.29, 1.82) is 0 Å². The first-order valence-corrected chi connectivity index (χ1v) is 4.89. The van der Waals surface area contributed by atoms with Crippen LogP contribution >= 0.6 is 0 Å². The van der Waals surface area contributed by atoms with Crippen LogP contribution in [-0.4, -0.2) is 9.72 Å². The molecule has 0 bridgehead atoms. The van der Waals surface area contributed by atoms with Crippen molar-refractivity contribution in [3.05, 3.63) is 46.5 Å². The van der Waals surface area contributed by atoms with Crippen molar-refractivity contribution in [2.45, 2.75) is 6.92 Å². The van der Waals surface area contributed by atoms with Crippen molar-refractivity contribution < 1.29 is 4.52 Å². The molecule has 0 aliphatic heterocycles. The van der Waals surface area contributed by atoms with Crippen LogP contribution in [0.2, 0.25) is 0 Å². The van der Waals surface area contributed by atoms with E-state index in [0.29, 0.717) is 5.82 Å². The molecule has 0 fully saturated rings. The van der Waals surface area contributed by atoms with Crippen molar-refractivity contribution in [3.63, 3.8) is 0 Å². The van der Waals surface area contributed by atoms with E-state index >= 15 is 0 Å². The summed E-state index contributed by atoms with van der Waals surface area (Å²) < 4.78 is 5.96. The minimum Gasteiger partial charge on any atom is -0.295 e. The van der Waals surface area contributed by atoms with Crippen LogP contribution in [-0.2, 0) is 7.05 Å². The topological polar surface area (TPSA) is 48.0 Å². The first-order chi connectivity index (χ1) is 7.63. The van der Waals surface area contributed by atoms with E-state index in [-0.39, 0.29) is 0 Å². The van der Waals surface area contributed by atoms with Gasteiger partial charge in [-0.25, -0.2) is 4.79 Å². The Bertz CT molecular complexity index is 593. The molecule has 1 heterocycles. The van der Waals surface area contributed by atoms with Gasteiger partial charge in [-0.05, 0) is 24.1 Å². The summed E-state index contributed by atoms with van der Waals surface area (Å²) in [7, 11) is 1.63. The van der Waals surface area contributed by atoms with Crippen molar-refractivity contribution in [2.24, 2.45) is 7.05 Å². The van der Waals surface area contributed by atoms with Crippen LogP contribution < -0.4 is 5.76 Å². The van der Waals surface area contributed by atoms with Gasteiger partial charge in [-0.3, -0.25) is 9.09 Å². The summed E-state index contributed by atoms with van der Waals surface area (Å²) in [5.41, 5.74) is 2.99. The maximum Gasteiger partial charge on any atom is 0.441 e. The lowest BCUT2D eigenvalue weighted by molar-refractivity contribution is 0.380. The van der Waals surface area contributed by atoms with E-state index < -0.39 is 5.76 Å². The van der Waals surface area contributed by atoms with Gasteiger partial charge < -0.3 is 0 Å². The molecule has 0 saturated carbocycles. The number of rotatable bonds is 2. The van der Waals surface area contributed by atoms with Gasteiger partial charge in [0.25, 0.3) is 0 Å². The van der Waals surface area contributed by atoms with Gasteiger partial charge in [-0.2, -0.15) is 0 Å². The lowest BCUT2D eigenvalue weighted by atomic mass is 10.0. The van der Waals surface area contributed by atoms with Crippen LogP contribution in [0.4, 0.5) is 0 Å². The second-order valence-corrected chi connectivity index (χ2v) is 3.61. The summed E-state index contributed by atoms with van der Waals surface area (Å²) in [4.78, 5) is 11.1. The molecule has 0 N–H and O–H groups in total. The Balaban J connectivity index is 2.61. The van der Waals surface area contributed by atoms with Gasteiger partial charge in [0, 0.05) is 12.6 Å². The van der Waals surface area contributed by atoms with Crippen molar-refractivity contribution in [1.82, 2.24) is 9.72 Å². The molecule has 0 amide bonds. The third kappa shape index (κ3) is 1.58. The predicted molar refractivity (Wildman–Crippen MR) is 62.0 cm³/mol. The van der Waals surface area contributed by atoms with E-state index in [2.05, 4.69) is 16.3 Å². The summed E-state index contributed by atoms with van der Waals surface area (Å²) in [6, 6.07) is 5.80. The van der Waals surface area contributed by atoms with E-state index in [4.69, 9.17) is 0 Å². The molecule has 16 heavy (non-hydrogen) atoms. The summed E-state index contributed by atoms with van der Waals surface area (Å²) in [6.07, 6.45) is 1.77. The van der Waals surface area contributed by atoms with Gasteiger partial charge in [0.05, 0.1) is 0 Å². The minimum absolute atomic E-state index is 0.462. The van der Waals surface area contributed by atoms with Crippen molar-refractivity contribution >= 4 is 6.08 Å². The number of benzene rings is 1. The Morgan fingerprint density at radius 1 is 1.50 bits per heavy atom. The maximum absolute atomic E-state index is 11.1. The van der Waals surface area contributed by atoms with E-state index in [9.17, 15) is 4.79 Å². The maximum atomic E-state index is 11.1. The van der Waals surface area contributed by atoms with E-state index in [1.54, 1.807) is 13.1 Å². The summed E-state index contributed by atoms with van der Waals surface area (Å²) >= 11 is 0. The Kier molecular flexibility index (Phi) is 2.48. The zero-order valence-electron chi connectivity index (χ0n) is 9.23. The first-order valence-electron chi connectivity index (χ1n) is 4.89. The van der Waals surface area contributed by atoms with Crippen molar-refractivity contribution in [3.8, 4) is 11.4 Å². The van der Waals surface area contributed by atoms with Gasteiger partial charge in [0.15, 0.2) is 5.82 Å². The number of nitrogens with zero attached hydrogens (tertiary/aromatic N) is 2. The molecule has 0 atom stereocenters. The molecule has 0 spiro atoms. The van der Waals surface area contributed by atoms with Gasteiger partial charge in [0.2, 0.25) is 0 Å². The Hall–Kier alpha value is -2.10. The molecule has 0 aliphatic rings. The largest absolute Gasteiger partial charge is 0.441 e. The second kappa shape index (κ2) is 3.81. The quantitative estimate of drug-likeness (QED) is 0.771. The van der Waals surface area contributed by atoms with Crippen LogP contribution in [0.25, 0.3) is 17.5 Å². The van der Waals surface area contributed by atoms with Gasteiger partial charge in [-0.15, -0.1) is 0 Å². The van der Waals surface area contributed by atoms with Crippen LogP contribution in [0.15, 0.2) is 34.1 Å². The monoisotopic (exact) mass is 216 g/mol. The smallest absolute Gasteiger partial charge is 0.295 e. The lowest BCUT2D eigenvalue weighted by Crippen LogP contribution is -2.10. The van der Waals surface area contributed by atoms with Crippen LogP contribution in [0.1, 0.15) is 11.1 Å². The fourth-order valence-corrected chi connectivity index (χ4v) is 1.54. The molecule has 1 aromatic carbocycles. The molecule has 4 heteroatoms. The molecule has 0 aliphatic carbocycles. The normalized spacial score (nSPS) is 10.4. The Morgan fingerprint density at radius 3 is 2.81 bits per heavy atom. The van der Waals surface area contributed by atoms with E-state index in [0.717, 1.165) is 16.7 Å². The first kappa shape index (κ1) is 10.4. The molecule has 0 saturated heterocycles. The average molecular weight is 216 g/mol. The number of hydrogen-bond acceptors (Lipinski definition) is 3. The average Bonchev–Trinajstić information content (AvgIpc) is 2.61. The summed E-state index contributed by atoms with van der Waals surface area (Å²) in [5.74, 6) is 0.0591. The standard InChI is InChI=1S/C12H12N2O2/c1-4-9-7-10(6-5-8(9)2)11-13-16-12(15)14(11)3/h4-7H,1H2,2-3H3. The highest BCUT2D eigenvalue weighted by Crippen LogP contribution is 2.20. The predicted octanol–water partition coefficient (Wildman–Crippen LogP) is 1.99. The molecular formula is C12H12N2O2. The third-order valence-corrected chi connectivity index (χ3v) is 2.56. The molecule has 1 aromatic heterocycles. The van der Waals surface area contributed by atoms with Crippen LogP contribution in [0, 0.1) is 6.92 Å².